The first-order chi connectivity index (χ1) is 11.1. The minimum absolute atomic E-state index is 0.0479. The molecule has 1 heterocycles. The number of ether oxygens (including phenoxy) is 2. The number of aromatic nitrogens is 3. The molecule has 23 heavy (non-hydrogen) atoms. The van der Waals surface area contributed by atoms with Crippen molar-refractivity contribution in [3.63, 3.8) is 0 Å². The zero-order valence-corrected chi connectivity index (χ0v) is 14.4. The summed E-state index contributed by atoms with van der Waals surface area (Å²) in [6.45, 7) is 2.71. The highest BCUT2D eigenvalue weighted by atomic mass is 32.2. The van der Waals surface area contributed by atoms with Crippen LogP contribution in [0.4, 0.5) is 0 Å². The molecular formula is C15H20N4O3S. The van der Waals surface area contributed by atoms with Crippen LogP contribution >= 0.6 is 11.8 Å². The van der Waals surface area contributed by atoms with Gasteiger partial charge in [-0.2, -0.15) is 0 Å². The molecule has 124 valence electrons. The van der Waals surface area contributed by atoms with E-state index in [1.165, 1.54) is 11.8 Å². The van der Waals surface area contributed by atoms with Crippen LogP contribution in [0.5, 0.6) is 11.5 Å². The second kappa shape index (κ2) is 7.87. The molecule has 0 aliphatic rings. The molecule has 1 amide bonds. The standard InChI is InChI=1S/C15H20N4O3S/c1-5-19-14(17-18-15(19)23-9-13(20)16-2)10-6-7-11(21-3)12(8-10)22-4/h6-8H,5,9H2,1-4H3,(H,16,20). The highest BCUT2D eigenvalue weighted by Gasteiger charge is 2.16. The largest absolute Gasteiger partial charge is 0.493 e. The molecule has 1 aromatic carbocycles. The molecular weight excluding hydrogens is 316 g/mol. The number of methoxy groups -OCH3 is 2. The van der Waals surface area contributed by atoms with Gasteiger partial charge in [-0.3, -0.25) is 4.79 Å². The topological polar surface area (TPSA) is 78.3 Å². The molecule has 0 unspecified atom stereocenters. The van der Waals surface area contributed by atoms with Crippen molar-refractivity contribution in [3.8, 4) is 22.9 Å². The van der Waals surface area contributed by atoms with Crippen LogP contribution in [0.25, 0.3) is 11.4 Å². The Morgan fingerprint density at radius 3 is 2.61 bits per heavy atom. The monoisotopic (exact) mass is 336 g/mol. The SMILES string of the molecule is CCn1c(SCC(=O)NC)nnc1-c1ccc(OC)c(OC)c1. The summed E-state index contributed by atoms with van der Waals surface area (Å²) in [5.74, 6) is 2.28. The predicted molar refractivity (Wildman–Crippen MR) is 89.0 cm³/mol. The number of nitrogens with zero attached hydrogens (tertiary/aromatic N) is 3. The van der Waals surface area contributed by atoms with Gasteiger partial charge in [-0.15, -0.1) is 10.2 Å². The molecule has 0 aliphatic carbocycles. The smallest absolute Gasteiger partial charge is 0.230 e. The maximum absolute atomic E-state index is 11.4. The fraction of sp³-hybridized carbons (Fsp3) is 0.400. The molecule has 0 atom stereocenters. The van der Waals surface area contributed by atoms with E-state index >= 15 is 0 Å². The average Bonchev–Trinajstić information content (AvgIpc) is 3.01. The van der Waals surface area contributed by atoms with E-state index in [9.17, 15) is 4.79 Å². The Bertz CT molecular complexity index is 687. The minimum Gasteiger partial charge on any atom is -0.493 e. The molecule has 0 spiro atoms. The minimum atomic E-state index is -0.0479. The number of amides is 1. The molecule has 2 rings (SSSR count). The lowest BCUT2D eigenvalue weighted by atomic mass is 10.2. The van der Waals surface area contributed by atoms with E-state index < -0.39 is 0 Å². The first-order valence-corrected chi connectivity index (χ1v) is 8.12. The molecule has 0 saturated carbocycles. The number of benzene rings is 1. The molecule has 7 nitrogen and oxygen atoms in total. The second-order valence-electron chi connectivity index (χ2n) is 4.58. The summed E-state index contributed by atoms with van der Waals surface area (Å²) >= 11 is 1.36. The fourth-order valence-corrected chi connectivity index (χ4v) is 2.95. The van der Waals surface area contributed by atoms with Crippen LogP contribution in [0.2, 0.25) is 0 Å². The highest BCUT2D eigenvalue weighted by Crippen LogP contribution is 2.32. The van der Waals surface area contributed by atoms with Gasteiger partial charge >= 0.3 is 0 Å². The number of carbonyl (C=O) groups excluding carboxylic acids is 1. The molecule has 0 fully saturated rings. The Morgan fingerprint density at radius 1 is 1.26 bits per heavy atom. The van der Waals surface area contributed by atoms with Crippen LogP contribution in [0, 0.1) is 0 Å². The van der Waals surface area contributed by atoms with Crippen molar-refractivity contribution in [2.75, 3.05) is 27.0 Å². The number of thioether (sulfide) groups is 1. The van der Waals surface area contributed by atoms with E-state index in [0.717, 1.165) is 11.4 Å². The molecule has 8 heteroatoms. The zero-order chi connectivity index (χ0) is 16.8. The second-order valence-corrected chi connectivity index (χ2v) is 5.52. The molecule has 0 aliphatic heterocycles. The van der Waals surface area contributed by atoms with E-state index in [4.69, 9.17) is 9.47 Å². The van der Waals surface area contributed by atoms with Gasteiger partial charge in [-0.25, -0.2) is 0 Å². The van der Waals surface area contributed by atoms with Gasteiger partial charge < -0.3 is 19.4 Å². The Morgan fingerprint density at radius 2 is 2.00 bits per heavy atom. The lowest BCUT2D eigenvalue weighted by molar-refractivity contribution is -0.118. The van der Waals surface area contributed by atoms with Crippen LogP contribution < -0.4 is 14.8 Å². The molecule has 1 N–H and O–H groups in total. The van der Waals surface area contributed by atoms with Gasteiger partial charge in [-0.1, -0.05) is 11.8 Å². The lowest BCUT2D eigenvalue weighted by Gasteiger charge is -2.10. The predicted octanol–water partition coefficient (Wildman–Crippen LogP) is 1.82. The molecule has 0 bridgehead atoms. The summed E-state index contributed by atoms with van der Waals surface area (Å²) in [5, 5.41) is 11.7. The van der Waals surface area contributed by atoms with Gasteiger partial charge in [0.25, 0.3) is 0 Å². The number of hydrogen-bond acceptors (Lipinski definition) is 6. The van der Waals surface area contributed by atoms with Crippen molar-refractivity contribution in [2.24, 2.45) is 0 Å². The van der Waals surface area contributed by atoms with E-state index in [-0.39, 0.29) is 5.91 Å². The van der Waals surface area contributed by atoms with Gasteiger partial charge in [0.1, 0.15) is 0 Å². The summed E-state index contributed by atoms with van der Waals surface area (Å²) in [6.07, 6.45) is 0. The van der Waals surface area contributed by atoms with Crippen molar-refractivity contribution < 1.29 is 14.3 Å². The summed E-state index contributed by atoms with van der Waals surface area (Å²) in [5.41, 5.74) is 0.879. The van der Waals surface area contributed by atoms with Gasteiger partial charge in [0.15, 0.2) is 22.5 Å². The third kappa shape index (κ3) is 3.76. The van der Waals surface area contributed by atoms with Crippen LogP contribution in [-0.2, 0) is 11.3 Å². The van der Waals surface area contributed by atoms with Gasteiger partial charge in [0.05, 0.1) is 20.0 Å². The summed E-state index contributed by atoms with van der Waals surface area (Å²) < 4.78 is 12.5. The summed E-state index contributed by atoms with van der Waals surface area (Å²) in [4.78, 5) is 11.4. The quantitative estimate of drug-likeness (QED) is 0.777. The Balaban J connectivity index is 2.33. The van der Waals surface area contributed by atoms with Crippen LogP contribution in [0.3, 0.4) is 0 Å². The van der Waals surface area contributed by atoms with E-state index in [0.29, 0.717) is 29.0 Å². The Labute approximate surface area is 139 Å². The first-order valence-electron chi connectivity index (χ1n) is 7.13. The summed E-state index contributed by atoms with van der Waals surface area (Å²) in [6, 6.07) is 5.60. The maximum atomic E-state index is 11.4. The number of nitrogens with one attached hydrogen (secondary N) is 1. The zero-order valence-electron chi connectivity index (χ0n) is 13.6. The van der Waals surface area contributed by atoms with Gasteiger partial charge in [-0.05, 0) is 25.1 Å². The highest BCUT2D eigenvalue weighted by molar-refractivity contribution is 7.99. The lowest BCUT2D eigenvalue weighted by Crippen LogP contribution is -2.20. The Hall–Kier alpha value is -2.22. The first kappa shape index (κ1) is 17.1. The fourth-order valence-electron chi connectivity index (χ4n) is 2.07. The van der Waals surface area contributed by atoms with Crippen LogP contribution in [0.15, 0.2) is 23.4 Å². The number of carbonyl (C=O) groups is 1. The van der Waals surface area contributed by atoms with Crippen molar-refractivity contribution in [1.29, 1.82) is 0 Å². The normalized spacial score (nSPS) is 10.4. The van der Waals surface area contributed by atoms with Crippen LogP contribution in [-0.4, -0.2) is 47.7 Å². The van der Waals surface area contributed by atoms with Crippen molar-refractivity contribution in [2.45, 2.75) is 18.6 Å². The van der Waals surface area contributed by atoms with Gasteiger partial charge in [0, 0.05) is 19.2 Å². The van der Waals surface area contributed by atoms with E-state index in [2.05, 4.69) is 15.5 Å². The van der Waals surface area contributed by atoms with Gasteiger partial charge in [0.2, 0.25) is 5.91 Å². The third-order valence-corrected chi connectivity index (χ3v) is 4.25. The number of hydrogen-bond donors (Lipinski definition) is 1. The maximum Gasteiger partial charge on any atom is 0.230 e. The Kier molecular flexibility index (Phi) is 5.86. The molecule has 2 aromatic rings. The van der Waals surface area contributed by atoms with Crippen molar-refractivity contribution in [3.05, 3.63) is 18.2 Å². The van der Waals surface area contributed by atoms with Crippen molar-refractivity contribution in [1.82, 2.24) is 20.1 Å². The summed E-state index contributed by atoms with van der Waals surface area (Å²) in [7, 11) is 4.80. The van der Waals surface area contributed by atoms with Crippen LogP contribution in [0.1, 0.15) is 6.92 Å². The van der Waals surface area contributed by atoms with E-state index in [1.807, 2.05) is 29.7 Å². The number of rotatable bonds is 7. The molecule has 0 saturated heterocycles. The van der Waals surface area contributed by atoms with Crippen molar-refractivity contribution >= 4 is 17.7 Å². The average molecular weight is 336 g/mol. The van der Waals surface area contributed by atoms with E-state index in [1.54, 1.807) is 21.3 Å². The molecule has 1 aromatic heterocycles. The molecule has 0 radical (unpaired) electrons. The third-order valence-electron chi connectivity index (χ3n) is 3.29.